The second kappa shape index (κ2) is 8.47. The van der Waals surface area contributed by atoms with E-state index in [2.05, 4.69) is 4.72 Å². The lowest BCUT2D eigenvalue weighted by atomic mass is 10.0. The zero-order valence-corrected chi connectivity index (χ0v) is 16.5. The first-order valence-electron chi connectivity index (χ1n) is 8.21. The Kier molecular flexibility index (Phi) is 6.53. The summed E-state index contributed by atoms with van der Waals surface area (Å²) < 4.78 is 32.7. The molecular formula is C18H23N3O5S. The van der Waals surface area contributed by atoms with E-state index in [9.17, 15) is 18.5 Å². The summed E-state index contributed by atoms with van der Waals surface area (Å²) in [6.45, 7) is 2.10. The summed E-state index contributed by atoms with van der Waals surface area (Å²) >= 11 is 0. The molecule has 0 aromatic heterocycles. The van der Waals surface area contributed by atoms with Gasteiger partial charge in [-0.05, 0) is 38.7 Å². The van der Waals surface area contributed by atoms with Gasteiger partial charge in [0.25, 0.3) is 0 Å². The molecule has 2 rings (SSSR count). The van der Waals surface area contributed by atoms with E-state index in [1.165, 1.54) is 19.2 Å². The van der Waals surface area contributed by atoms with Gasteiger partial charge in [-0.3, -0.25) is 10.1 Å². The van der Waals surface area contributed by atoms with Crippen molar-refractivity contribution in [3.05, 3.63) is 63.7 Å². The summed E-state index contributed by atoms with van der Waals surface area (Å²) in [5.41, 5.74) is 1.68. The van der Waals surface area contributed by atoms with Crippen LogP contribution in [0.4, 0.5) is 5.69 Å². The number of rotatable bonds is 8. The number of hydrogen-bond donors (Lipinski definition) is 1. The van der Waals surface area contributed by atoms with E-state index >= 15 is 0 Å². The summed E-state index contributed by atoms with van der Waals surface area (Å²) in [5, 5.41) is 11.1. The quantitative estimate of drug-likeness (QED) is 0.546. The lowest BCUT2D eigenvalue weighted by Gasteiger charge is -2.25. The third kappa shape index (κ3) is 5.03. The van der Waals surface area contributed by atoms with Crippen molar-refractivity contribution in [3.63, 3.8) is 0 Å². The molecule has 0 aliphatic heterocycles. The summed E-state index contributed by atoms with van der Waals surface area (Å²) in [5.74, 6) is 0.00442. The lowest BCUT2D eigenvalue weighted by molar-refractivity contribution is -0.386. The first-order chi connectivity index (χ1) is 12.7. The Hall–Kier alpha value is -2.49. The van der Waals surface area contributed by atoms with E-state index in [-0.39, 0.29) is 23.2 Å². The summed E-state index contributed by atoms with van der Waals surface area (Å²) in [7, 11) is 1.08. The van der Waals surface area contributed by atoms with Crippen LogP contribution in [0, 0.1) is 17.0 Å². The van der Waals surface area contributed by atoms with Crippen molar-refractivity contribution >= 4 is 15.7 Å². The fourth-order valence-electron chi connectivity index (χ4n) is 2.64. The Morgan fingerprint density at radius 1 is 1.19 bits per heavy atom. The lowest BCUT2D eigenvalue weighted by Crippen LogP contribution is -2.34. The van der Waals surface area contributed by atoms with Gasteiger partial charge in [-0.15, -0.1) is 0 Å². The highest BCUT2D eigenvalue weighted by Gasteiger charge is 2.24. The van der Waals surface area contributed by atoms with Crippen LogP contribution < -0.4 is 9.46 Å². The Morgan fingerprint density at radius 3 is 2.33 bits per heavy atom. The topological polar surface area (TPSA) is 102 Å². The molecular weight excluding hydrogens is 370 g/mol. The van der Waals surface area contributed by atoms with Crippen LogP contribution in [-0.2, 0) is 10.0 Å². The van der Waals surface area contributed by atoms with E-state index in [0.29, 0.717) is 0 Å². The fraction of sp³-hybridized carbons (Fsp3) is 0.333. The van der Waals surface area contributed by atoms with Crippen molar-refractivity contribution in [2.75, 3.05) is 27.7 Å². The maximum atomic E-state index is 12.6. The van der Waals surface area contributed by atoms with Gasteiger partial charge in [0.2, 0.25) is 10.0 Å². The number of benzene rings is 2. The van der Waals surface area contributed by atoms with Gasteiger partial charge in [0.15, 0.2) is 5.75 Å². The molecule has 0 radical (unpaired) electrons. The number of likely N-dealkylation sites (N-methyl/N-ethyl adjacent to an activating group) is 1. The zero-order valence-electron chi connectivity index (χ0n) is 15.7. The van der Waals surface area contributed by atoms with E-state index in [0.717, 1.165) is 17.2 Å². The van der Waals surface area contributed by atoms with Crippen LogP contribution in [0.25, 0.3) is 0 Å². The Balaban J connectivity index is 2.25. The molecule has 1 N–H and O–H groups in total. The van der Waals surface area contributed by atoms with Crippen LogP contribution in [-0.4, -0.2) is 46.0 Å². The van der Waals surface area contributed by atoms with Crippen LogP contribution in [0.2, 0.25) is 0 Å². The van der Waals surface area contributed by atoms with E-state index in [1.807, 2.05) is 50.2 Å². The first kappa shape index (κ1) is 20.8. The fourth-order valence-corrected chi connectivity index (χ4v) is 3.70. The first-order valence-corrected chi connectivity index (χ1v) is 9.69. The predicted octanol–water partition coefficient (Wildman–Crippen LogP) is 2.49. The smallest absolute Gasteiger partial charge is 0.312 e. The molecule has 8 nitrogen and oxygen atoms in total. The molecule has 2 aromatic rings. The molecule has 0 saturated carbocycles. The molecule has 1 unspecified atom stereocenters. The number of methoxy groups -OCH3 is 1. The van der Waals surface area contributed by atoms with Crippen molar-refractivity contribution in [2.45, 2.75) is 17.9 Å². The molecule has 146 valence electrons. The number of aryl methyl sites for hydroxylation is 1. The molecule has 1 atom stereocenters. The van der Waals surface area contributed by atoms with Gasteiger partial charge in [-0.1, -0.05) is 29.8 Å². The van der Waals surface area contributed by atoms with Crippen LogP contribution in [0.1, 0.15) is 17.2 Å². The van der Waals surface area contributed by atoms with Crippen LogP contribution in [0.5, 0.6) is 5.75 Å². The van der Waals surface area contributed by atoms with Crippen LogP contribution in [0.3, 0.4) is 0 Å². The Labute approximate surface area is 159 Å². The Morgan fingerprint density at radius 2 is 1.81 bits per heavy atom. The number of nitrogens with zero attached hydrogens (tertiary/aromatic N) is 2. The van der Waals surface area contributed by atoms with Gasteiger partial charge in [0.1, 0.15) is 0 Å². The zero-order chi connectivity index (χ0) is 20.2. The normalized spacial score (nSPS) is 12.8. The van der Waals surface area contributed by atoms with Crippen molar-refractivity contribution in [2.24, 2.45) is 0 Å². The molecule has 0 fully saturated rings. The van der Waals surface area contributed by atoms with Crippen molar-refractivity contribution in [3.8, 4) is 5.75 Å². The van der Waals surface area contributed by atoms with Crippen molar-refractivity contribution in [1.29, 1.82) is 0 Å². The standard InChI is InChI=1S/C18H23N3O5S/c1-13-5-7-14(8-6-13)17(20(2)3)12-19-27(24,25)15-9-10-18(26-4)16(11-15)21(22)23/h5-11,17,19H,12H2,1-4H3. The van der Waals surface area contributed by atoms with E-state index < -0.39 is 20.6 Å². The number of nitro groups is 1. The van der Waals surface area contributed by atoms with Crippen LogP contribution >= 0.6 is 0 Å². The highest BCUT2D eigenvalue weighted by Crippen LogP contribution is 2.29. The number of ether oxygens (including phenoxy) is 1. The van der Waals surface area contributed by atoms with Gasteiger partial charge < -0.3 is 9.64 Å². The van der Waals surface area contributed by atoms with Crippen molar-refractivity contribution in [1.82, 2.24) is 9.62 Å². The van der Waals surface area contributed by atoms with Gasteiger partial charge in [0, 0.05) is 18.7 Å². The summed E-state index contributed by atoms with van der Waals surface area (Å²) in [6, 6.07) is 11.2. The van der Waals surface area contributed by atoms with E-state index in [1.54, 1.807) is 0 Å². The highest BCUT2D eigenvalue weighted by molar-refractivity contribution is 7.89. The highest BCUT2D eigenvalue weighted by atomic mass is 32.2. The summed E-state index contributed by atoms with van der Waals surface area (Å²) in [4.78, 5) is 12.2. The number of sulfonamides is 1. The molecule has 0 aliphatic carbocycles. The monoisotopic (exact) mass is 393 g/mol. The molecule has 0 amide bonds. The molecule has 0 saturated heterocycles. The second-order valence-electron chi connectivity index (χ2n) is 6.33. The summed E-state index contributed by atoms with van der Waals surface area (Å²) in [6.07, 6.45) is 0. The van der Waals surface area contributed by atoms with Crippen LogP contribution in [0.15, 0.2) is 47.4 Å². The SMILES string of the molecule is COc1ccc(S(=O)(=O)NCC(c2ccc(C)cc2)N(C)C)cc1[N+](=O)[O-]. The van der Waals surface area contributed by atoms with Gasteiger partial charge in [-0.2, -0.15) is 0 Å². The average molecular weight is 393 g/mol. The number of nitrogens with one attached hydrogen (secondary N) is 1. The average Bonchev–Trinajstić information content (AvgIpc) is 2.62. The van der Waals surface area contributed by atoms with Gasteiger partial charge >= 0.3 is 5.69 Å². The molecule has 0 heterocycles. The molecule has 0 bridgehead atoms. The second-order valence-corrected chi connectivity index (χ2v) is 8.10. The third-order valence-electron chi connectivity index (χ3n) is 4.21. The largest absolute Gasteiger partial charge is 0.490 e. The number of hydrogen-bond acceptors (Lipinski definition) is 6. The third-order valence-corrected chi connectivity index (χ3v) is 5.63. The maximum Gasteiger partial charge on any atom is 0.312 e. The minimum absolute atomic E-state index is 0.00442. The predicted molar refractivity (Wildman–Crippen MR) is 102 cm³/mol. The minimum atomic E-state index is -3.92. The van der Waals surface area contributed by atoms with Crippen molar-refractivity contribution < 1.29 is 18.1 Å². The van der Waals surface area contributed by atoms with Gasteiger partial charge in [0.05, 0.1) is 16.9 Å². The van der Waals surface area contributed by atoms with E-state index in [4.69, 9.17) is 4.74 Å². The Bertz CT molecular complexity index is 911. The molecule has 2 aromatic carbocycles. The molecule has 27 heavy (non-hydrogen) atoms. The minimum Gasteiger partial charge on any atom is -0.490 e. The number of nitro benzene ring substituents is 1. The van der Waals surface area contributed by atoms with Gasteiger partial charge in [-0.25, -0.2) is 13.1 Å². The maximum absolute atomic E-state index is 12.6. The molecule has 0 spiro atoms. The molecule has 9 heteroatoms. The molecule has 0 aliphatic rings.